The number of nitrogens with zero attached hydrogens (tertiary/aromatic N) is 1. The average Bonchev–Trinajstić information content (AvgIpc) is 2.86. The van der Waals surface area contributed by atoms with Gasteiger partial charge >= 0.3 is 0 Å². The summed E-state index contributed by atoms with van der Waals surface area (Å²) in [5.41, 5.74) is 1.54. The molecule has 3 aromatic rings. The van der Waals surface area contributed by atoms with Crippen molar-refractivity contribution in [2.75, 3.05) is 5.32 Å². The molecule has 0 saturated carbocycles. The largest absolute Gasteiger partial charge is 0.338 e. The molecule has 1 heterocycles. The molecule has 0 saturated heterocycles. The lowest BCUT2D eigenvalue weighted by Crippen LogP contribution is -2.18. The van der Waals surface area contributed by atoms with Gasteiger partial charge in [-0.15, -0.1) is 0 Å². The zero-order valence-corrected chi connectivity index (χ0v) is 12.5. The highest BCUT2D eigenvalue weighted by molar-refractivity contribution is 6.35. The number of hydrogen-bond acceptors (Lipinski definition) is 1. The summed E-state index contributed by atoms with van der Waals surface area (Å²) in [6.07, 6.45) is 1.85. The van der Waals surface area contributed by atoms with Gasteiger partial charge in [0.1, 0.15) is 6.54 Å². The molecule has 1 amide bonds. The van der Waals surface area contributed by atoms with Crippen molar-refractivity contribution in [1.82, 2.24) is 4.57 Å². The quantitative estimate of drug-likeness (QED) is 0.753. The zero-order valence-electron chi connectivity index (χ0n) is 11.0. The fourth-order valence-electron chi connectivity index (χ4n) is 2.23. The van der Waals surface area contributed by atoms with Gasteiger partial charge in [-0.05, 0) is 30.3 Å². The first-order valence-corrected chi connectivity index (χ1v) is 7.18. The second-order valence-corrected chi connectivity index (χ2v) is 5.46. The third-order valence-electron chi connectivity index (χ3n) is 3.22. The van der Waals surface area contributed by atoms with Crippen LogP contribution < -0.4 is 5.32 Å². The molecule has 21 heavy (non-hydrogen) atoms. The minimum atomic E-state index is -0.138. The minimum Gasteiger partial charge on any atom is -0.338 e. The van der Waals surface area contributed by atoms with E-state index >= 15 is 0 Å². The fourth-order valence-corrected chi connectivity index (χ4v) is 2.65. The number of aromatic nitrogens is 1. The molecule has 2 aromatic carbocycles. The molecule has 0 aliphatic carbocycles. The van der Waals surface area contributed by atoms with Crippen molar-refractivity contribution < 1.29 is 4.79 Å². The van der Waals surface area contributed by atoms with Crippen LogP contribution >= 0.6 is 23.2 Å². The summed E-state index contributed by atoms with van der Waals surface area (Å²) in [7, 11) is 0. The molecule has 1 aromatic heterocycles. The summed E-state index contributed by atoms with van der Waals surface area (Å²) in [5, 5.41) is 4.94. The standard InChI is InChI=1S/C16H12Cl2N2O/c17-12-5-3-7-15-11(12)8-9-20(15)10-16(21)19-14-6-2-1-4-13(14)18/h1-9H,10H2,(H,19,21). The second kappa shape index (κ2) is 5.80. The van der Waals surface area contributed by atoms with E-state index in [1.807, 2.05) is 47.2 Å². The van der Waals surface area contributed by atoms with Crippen molar-refractivity contribution in [3.05, 3.63) is 64.8 Å². The number of hydrogen-bond donors (Lipinski definition) is 1. The van der Waals surface area contributed by atoms with Gasteiger partial charge in [0.05, 0.1) is 10.7 Å². The molecule has 0 aliphatic heterocycles. The first kappa shape index (κ1) is 14.0. The van der Waals surface area contributed by atoms with Crippen LogP contribution in [0.1, 0.15) is 0 Å². The Morgan fingerprint density at radius 3 is 2.57 bits per heavy atom. The van der Waals surface area contributed by atoms with Gasteiger partial charge in [0.2, 0.25) is 5.91 Å². The Bertz CT molecular complexity index is 811. The number of halogens is 2. The Balaban J connectivity index is 1.81. The lowest BCUT2D eigenvalue weighted by molar-refractivity contribution is -0.116. The van der Waals surface area contributed by atoms with Gasteiger partial charge in [-0.1, -0.05) is 41.4 Å². The minimum absolute atomic E-state index is 0.138. The molecule has 0 radical (unpaired) electrons. The van der Waals surface area contributed by atoms with Crippen molar-refractivity contribution in [2.45, 2.75) is 6.54 Å². The molecule has 0 unspecified atom stereocenters. The smallest absolute Gasteiger partial charge is 0.244 e. The summed E-state index contributed by atoms with van der Waals surface area (Å²) < 4.78 is 1.85. The Morgan fingerprint density at radius 1 is 1.00 bits per heavy atom. The maximum atomic E-state index is 12.1. The number of carbonyl (C=O) groups is 1. The van der Waals surface area contributed by atoms with Crippen LogP contribution in [0.2, 0.25) is 10.0 Å². The van der Waals surface area contributed by atoms with E-state index in [4.69, 9.17) is 23.2 Å². The van der Waals surface area contributed by atoms with Crippen LogP contribution in [0.5, 0.6) is 0 Å². The third kappa shape index (κ3) is 2.89. The molecule has 0 aliphatic rings. The van der Waals surface area contributed by atoms with Crippen molar-refractivity contribution in [3.63, 3.8) is 0 Å². The topological polar surface area (TPSA) is 34.0 Å². The van der Waals surface area contributed by atoms with Gasteiger partial charge in [-0.3, -0.25) is 4.79 Å². The molecule has 5 heteroatoms. The van der Waals surface area contributed by atoms with Crippen LogP contribution in [0, 0.1) is 0 Å². The fraction of sp³-hybridized carbons (Fsp3) is 0.0625. The van der Waals surface area contributed by atoms with E-state index in [9.17, 15) is 4.79 Å². The molecule has 0 fully saturated rings. The maximum Gasteiger partial charge on any atom is 0.244 e. The first-order valence-electron chi connectivity index (χ1n) is 6.43. The van der Waals surface area contributed by atoms with E-state index in [-0.39, 0.29) is 12.5 Å². The number of para-hydroxylation sites is 1. The number of benzene rings is 2. The molecular formula is C16H12Cl2N2O. The van der Waals surface area contributed by atoms with Crippen molar-refractivity contribution in [2.24, 2.45) is 0 Å². The van der Waals surface area contributed by atoms with Gasteiger partial charge in [0.25, 0.3) is 0 Å². The molecular weight excluding hydrogens is 307 g/mol. The van der Waals surface area contributed by atoms with Crippen LogP contribution in [0.25, 0.3) is 10.9 Å². The van der Waals surface area contributed by atoms with Crippen LogP contribution in [0.15, 0.2) is 54.7 Å². The SMILES string of the molecule is O=C(Cn1ccc2c(Cl)cccc21)Nc1ccccc1Cl. The monoisotopic (exact) mass is 318 g/mol. The molecule has 3 rings (SSSR count). The third-order valence-corrected chi connectivity index (χ3v) is 3.88. The van der Waals surface area contributed by atoms with Crippen LogP contribution in [0.4, 0.5) is 5.69 Å². The van der Waals surface area contributed by atoms with E-state index in [2.05, 4.69) is 5.32 Å². The summed E-state index contributed by atoms with van der Waals surface area (Å²) >= 11 is 12.2. The Labute approximate surface area is 132 Å². The van der Waals surface area contributed by atoms with Crippen molar-refractivity contribution >= 4 is 45.7 Å². The van der Waals surface area contributed by atoms with E-state index in [1.165, 1.54) is 0 Å². The highest BCUT2D eigenvalue weighted by Gasteiger charge is 2.09. The predicted molar refractivity (Wildman–Crippen MR) is 87.0 cm³/mol. The Hall–Kier alpha value is -1.97. The van der Waals surface area contributed by atoms with E-state index < -0.39 is 0 Å². The lowest BCUT2D eigenvalue weighted by Gasteiger charge is -2.08. The summed E-state index contributed by atoms with van der Waals surface area (Å²) in [6, 6.07) is 14.7. The second-order valence-electron chi connectivity index (χ2n) is 4.64. The highest BCUT2D eigenvalue weighted by Crippen LogP contribution is 2.24. The van der Waals surface area contributed by atoms with Crippen molar-refractivity contribution in [3.8, 4) is 0 Å². The number of anilines is 1. The van der Waals surface area contributed by atoms with Crippen LogP contribution in [-0.2, 0) is 11.3 Å². The van der Waals surface area contributed by atoms with Gasteiger partial charge in [-0.25, -0.2) is 0 Å². The molecule has 3 nitrogen and oxygen atoms in total. The van der Waals surface area contributed by atoms with Gasteiger partial charge in [0, 0.05) is 22.1 Å². The van der Waals surface area contributed by atoms with Crippen molar-refractivity contribution in [1.29, 1.82) is 0 Å². The predicted octanol–water partition coefficient (Wildman–Crippen LogP) is 4.59. The van der Waals surface area contributed by atoms with E-state index in [1.54, 1.807) is 12.1 Å². The van der Waals surface area contributed by atoms with Gasteiger partial charge < -0.3 is 9.88 Å². The van der Waals surface area contributed by atoms with E-state index in [0.717, 1.165) is 10.9 Å². The molecule has 106 valence electrons. The van der Waals surface area contributed by atoms with Gasteiger partial charge in [0.15, 0.2) is 0 Å². The molecule has 1 N–H and O–H groups in total. The Morgan fingerprint density at radius 2 is 1.76 bits per heavy atom. The maximum absolute atomic E-state index is 12.1. The number of fused-ring (bicyclic) bond motifs is 1. The first-order chi connectivity index (χ1) is 10.1. The number of carbonyl (C=O) groups excluding carboxylic acids is 1. The van der Waals surface area contributed by atoms with Crippen LogP contribution in [-0.4, -0.2) is 10.5 Å². The Kier molecular flexibility index (Phi) is 3.86. The lowest BCUT2D eigenvalue weighted by atomic mass is 10.2. The number of amides is 1. The van der Waals surface area contributed by atoms with Gasteiger partial charge in [-0.2, -0.15) is 0 Å². The molecule has 0 bridgehead atoms. The summed E-state index contributed by atoms with van der Waals surface area (Å²) in [4.78, 5) is 12.1. The number of nitrogens with one attached hydrogen (secondary N) is 1. The average molecular weight is 319 g/mol. The van der Waals surface area contributed by atoms with E-state index in [0.29, 0.717) is 15.7 Å². The van der Waals surface area contributed by atoms with Crippen LogP contribution in [0.3, 0.4) is 0 Å². The normalized spacial score (nSPS) is 10.8. The molecule has 0 spiro atoms. The summed E-state index contributed by atoms with van der Waals surface area (Å²) in [5.74, 6) is -0.138. The molecule has 0 atom stereocenters. The highest BCUT2D eigenvalue weighted by atomic mass is 35.5. The zero-order chi connectivity index (χ0) is 14.8. The summed E-state index contributed by atoms with van der Waals surface area (Å²) in [6.45, 7) is 0.203. The number of rotatable bonds is 3.